The number of aromatic nitrogens is 1. The number of nitrogens with zero attached hydrogens (tertiary/aromatic N) is 2. The van der Waals surface area contributed by atoms with Crippen molar-refractivity contribution in [1.29, 1.82) is 5.26 Å². The molecule has 0 unspecified atom stereocenters. The van der Waals surface area contributed by atoms with Gasteiger partial charge in [0.2, 0.25) is 0 Å². The number of nitrogens with two attached hydrogens (primary N) is 1. The number of aryl methyl sites for hydroxylation is 1. The van der Waals surface area contributed by atoms with Crippen LogP contribution in [0.25, 0.3) is 10.9 Å². The third-order valence-electron chi connectivity index (χ3n) is 5.56. The smallest absolute Gasteiger partial charge is 0.250 e. The molecule has 5 heteroatoms. The summed E-state index contributed by atoms with van der Waals surface area (Å²) in [6.07, 6.45) is -0.0478. The molecule has 0 atom stereocenters. The lowest BCUT2D eigenvalue weighted by Gasteiger charge is -2.61. The number of rotatable bonds is 2. The van der Waals surface area contributed by atoms with Crippen LogP contribution < -0.4 is 16.0 Å². The molecule has 1 heterocycles. The molecule has 0 bridgehead atoms. The summed E-state index contributed by atoms with van der Waals surface area (Å²) in [7, 11) is 1.67. The van der Waals surface area contributed by atoms with Crippen molar-refractivity contribution in [2.75, 3.05) is 0 Å². The maximum Gasteiger partial charge on any atom is 0.250 e. The highest BCUT2D eigenvalue weighted by Crippen LogP contribution is 2.54. The number of hydrogen-bond donors (Lipinski definition) is 1. The largest absolute Gasteiger partial charge is 0.488 e. The van der Waals surface area contributed by atoms with E-state index < -0.39 is 0 Å². The van der Waals surface area contributed by atoms with E-state index in [9.17, 15) is 10.1 Å². The Morgan fingerprint density at radius 3 is 2.38 bits per heavy atom. The van der Waals surface area contributed by atoms with Crippen LogP contribution in [0.5, 0.6) is 5.75 Å². The summed E-state index contributed by atoms with van der Waals surface area (Å²) in [6.45, 7) is 8.43. The molecule has 1 aliphatic rings. The third-order valence-corrected chi connectivity index (χ3v) is 5.56. The van der Waals surface area contributed by atoms with Gasteiger partial charge in [0.1, 0.15) is 17.9 Å². The summed E-state index contributed by atoms with van der Waals surface area (Å²) >= 11 is 0. The molecule has 0 radical (unpaired) electrons. The number of pyridine rings is 1. The number of benzene rings is 1. The second-order valence-electron chi connectivity index (χ2n) is 7.83. The number of hydrogen-bond acceptors (Lipinski definition) is 4. The monoisotopic (exact) mass is 325 g/mol. The summed E-state index contributed by atoms with van der Waals surface area (Å²) in [6, 6.07) is 8.93. The lowest BCUT2D eigenvalue weighted by atomic mass is 9.50. The molecule has 1 aliphatic carbocycles. The highest BCUT2D eigenvalue weighted by molar-refractivity contribution is 5.90. The van der Waals surface area contributed by atoms with Crippen LogP contribution in [-0.4, -0.2) is 16.7 Å². The molecule has 0 amide bonds. The normalized spacial score (nSPS) is 24.2. The first kappa shape index (κ1) is 16.5. The molecule has 1 aromatic carbocycles. The van der Waals surface area contributed by atoms with Crippen molar-refractivity contribution < 1.29 is 4.74 Å². The van der Waals surface area contributed by atoms with Crippen molar-refractivity contribution in [3.63, 3.8) is 0 Å². The van der Waals surface area contributed by atoms with Gasteiger partial charge in [-0.05, 0) is 18.2 Å². The first-order valence-electron chi connectivity index (χ1n) is 8.07. The van der Waals surface area contributed by atoms with Gasteiger partial charge in [0.05, 0.1) is 11.1 Å². The molecule has 126 valence electrons. The molecule has 2 aromatic rings. The highest BCUT2D eigenvalue weighted by Gasteiger charge is 2.62. The van der Waals surface area contributed by atoms with Gasteiger partial charge >= 0.3 is 0 Å². The fourth-order valence-electron chi connectivity index (χ4n) is 4.26. The lowest BCUT2D eigenvalue weighted by molar-refractivity contribution is -0.154. The first-order chi connectivity index (χ1) is 11.1. The zero-order valence-electron chi connectivity index (χ0n) is 14.8. The summed E-state index contributed by atoms with van der Waals surface area (Å²) in [5.74, 6) is 0.678. The van der Waals surface area contributed by atoms with E-state index >= 15 is 0 Å². The van der Waals surface area contributed by atoms with Gasteiger partial charge in [0.25, 0.3) is 5.56 Å². The van der Waals surface area contributed by atoms with Crippen LogP contribution in [0.3, 0.4) is 0 Å². The summed E-state index contributed by atoms with van der Waals surface area (Å²) in [5.41, 5.74) is 6.92. The van der Waals surface area contributed by atoms with E-state index in [-0.39, 0.29) is 28.5 Å². The van der Waals surface area contributed by atoms with Crippen molar-refractivity contribution in [3.05, 3.63) is 40.2 Å². The van der Waals surface area contributed by atoms with E-state index in [4.69, 9.17) is 10.5 Å². The average Bonchev–Trinajstić information content (AvgIpc) is 2.54. The van der Waals surface area contributed by atoms with Gasteiger partial charge in [0, 0.05) is 35.4 Å². The zero-order chi connectivity index (χ0) is 17.9. The molecule has 1 aromatic heterocycles. The molecule has 5 nitrogen and oxygen atoms in total. The fraction of sp³-hybridized carbons (Fsp3) is 0.474. The van der Waals surface area contributed by atoms with Crippen LogP contribution in [0.4, 0.5) is 0 Å². The van der Waals surface area contributed by atoms with Crippen molar-refractivity contribution in [2.24, 2.45) is 23.6 Å². The standard InChI is InChI=1S/C19H23N3O2/c1-18(2)16(21)19(3,4)17(18)24-13-8-6-11(10-20)15-12(13)7-9-14(23)22(15)5/h6-9,16-17H,21H2,1-5H3. The van der Waals surface area contributed by atoms with Gasteiger partial charge in [-0.2, -0.15) is 5.26 Å². The Morgan fingerprint density at radius 2 is 1.79 bits per heavy atom. The van der Waals surface area contributed by atoms with Gasteiger partial charge in [-0.3, -0.25) is 4.79 Å². The molecule has 24 heavy (non-hydrogen) atoms. The quantitative estimate of drug-likeness (QED) is 0.920. The van der Waals surface area contributed by atoms with Crippen LogP contribution in [0, 0.1) is 22.2 Å². The topological polar surface area (TPSA) is 81.0 Å². The second-order valence-corrected chi connectivity index (χ2v) is 7.83. The SMILES string of the molecule is Cn1c(=O)ccc2c(OC3C(C)(C)C(N)C3(C)C)ccc(C#N)c21. The average molecular weight is 325 g/mol. The molecule has 0 saturated heterocycles. The van der Waals surface area contributed by atoms with Crippen LogP contribution in [-0.2, 0) is 7.05 Å². The van der Waals surface area contributed by atoms with E-state index in [0.29, 0.717) is 16.8 Å². The fourth-order valence-corrected chi connectivity index (χ4v) is 4.26. The van der Waals surface area contributed by atoms with E-state index in [1.54, 1.807) is 25.2 Å². The predicted octanol–water partition coefficient (Wildman–Crippen LogP) is 2.55. The lowest BCUT2D eigenvalue weighted by Crippen LogP contribution is -2.72. The Bertz CT molecular complexity index is 903. The predicted molar refractivity (Wildman–Crippen MR) is 93.9 cm³/mol. The van der Waals surface area contributed by atoms with Gasteiger partial charge in [-0.1, -0.05) is 27.7 Å². The molecular weight excluding hydrogens is 302 g/mol. The molecule has 1 fully saturated rings. The van der Waals surface area contributed by atoms with Gasteiger partial charge in [-0.15, -0.1) is 0 Å². The van der Waals surface area contributed by atoms with Crippen molar-refractivity contribution >= 4 is 10.9 Å². The molecule has 1 saturated carbocycles. The van der Waals surface area contributed by atoms with E-state index in [0.717, 1.165) is 5.39 Å². The molecule has 2 N–H and O–H groups in total. The Labute approximate surface area is 141 Å². The van der Waals surface area contributed by atoms with Gasteiger partial charge in [0.15, 0.2) is 0 Å². The van der Waals surface area contributed by atoms with Gasteiger partial charge < -0.3 is 15.0 Å². The summed E-state index contributed by atoms with van der Waals surface area (Å²) < 4.78 is 7.84. The Balaban J connectivity index is 2.15. The van der Waals surface area contributed by atoms with Crippen molar-refractivity contribution in [3.8, 4) is 11.8 Å². The molecule has 0 spiro atoms. The molecular formula is C19H23N3O2. The van der Waals surface area contributed by atoms with Crippen molar-refractivity contribution in [2.45, 2.75) is 39.8 Å². The minimum atomic E-state index is -0.150. The van der Waals surface area contributed by atoms with Crippen LogP contribution in [0.1, 0.15) is 33.3 Å². The maximum atomic E-state index is 11.9. The van der Waals surface area contributed by atoms with Crippen molar-refractivity contribution in [1.82, 2.24) is 4.57 Å². The zero-order valence-corrected chi connectivity index (χ0v) is 14.8. The maximum absolute atomic E-state index is 11.9. The Hall–Kier alpha value is -2.32. The third kappa shape index (κ3) is 2.06. The summed E-state index contributed by atoms with van der Waals surface area (Å²) in [4.78, 5) is 11.9. The molecule has 3 rings (SSSR count). The first-order valence-corrected chi connectivity index (χ1v) is 8.07. The highest BCUT2D eigenvalue weighted by atomic mass is 16.5. The number of fused-ring (bicyclic) bond motifs is 1. The minimum absolute atomic E-state index is 0.0454. The van der Waals surface area contributed by atoms with Crippen LogP contribution >= 0.6 is 0 Å². The Kier molecular flexibility index (Phi) is 3.50. The number of ether oxygens (including phenoxy) is 1. The van der Waals surface area contributed by atoms with E-state index in [2.05, 4.69) is 33.8 Å². The Morgan fingerprint density at radius 1 is 1.17 bits per heavy atom. The van der Waals surface area contributed by atoms with Crippen LogP contribution in [0.2, 0.25) is 0 Å². The minimum Gasteiger partial charge on any atom is -0.488 e. The van der Waals surface area contributed by atoms with E-state index in [1.165, 1.54) is 10.6 Å². The van der Waals surface area contributed by atoms with Crippen LogP contribution in [0.15, 0.2) is 29.1 Å². The number of nitriles is 1. The summed E-state index contributed by atoms with van der Waals surface area (Å²) in [5, 5.41) is 10.1. The second kappa shape index (κ2) is 5.09. The van der Waals surface area contributed by atoms with Gasteiger partial charge in [-0.25, -0.2) is 0 Å². The van der Waals surface area contributed by atoms with E-state index in [1.807, 2.05) is 0 Å². The molecule has 0 aliphatic heterocycles.